The first-order valence-corrected chi connectivity index (χ1v) is 9.99. The molecule has 9 heteroatoms. The number of amides is 2. The highest BCUT2D eigenvalue weighted by atomic mass is 32.2. The monoisotopic (exact) mass is 396 g/mol. The number of benzene rings is 1. The molecule has 0 aliphatic carbocycles. The number of aliphatic hydroxyl groups is 1. The Morgan fingerprint density at radius 3 is 2.67 bits per heavy atom. The fourth-order valence-electron chi connectivity index (χ4n) is 2.89. The summed E-state index contributed by atoms with van der Waals surface area (Å²) in [4.78, 5) is 37.4. The number of hydrogen-bond acceptors (Lipinski definition) is 6. The van der Waals surface area contributed by atoms with Gasteiger partial charge in [-0.25, -0.2) is 9.59 Å². The molecule has 1 saturated heterocycles. The average Bonchev–Trinajstić information content (AvgIpc) is 3.06. The van der Waals surface area contributed by atoms with Gasteiger partial charge in [-0.1, -0.05) is 30.3 Å². The van der Waals surface area contributed by atoms with Crippen LogP contribution >= 0.6 is 11.8 Å². The van der Waals surface area contributed by atoms with Gasteiger partial charge in [0.15, 0.2) is 0 Å². The van der Waals surface area contributed by atoms with Crippen LogP contribution in [0.3, 0.4) is 0 Å². The summed E-state index contributed by atoms with van der Waals surface area (Å²) in [7, 11) is 0. The molecule has 0 unspecified atom stereocenters. The lowest BCUT2D eigenvalue weighted by Gasteiger charge is -2.27. The van der Waals surface area contributed by atoms with Gasteiger partial charge in [0.05, 0.1) is 6.10 Å². The smallest absolute Gasteiger partial charge is 0.408 e. The van der Waals surface area contributed by atoms with E-state index in [2.05, 4.69) is 5.32 Å². The molecule has 3 N–H and O–H groups in total. The Bertz CT molecular complexity index is 657. The molecule has 0 spiro atoms. The molecule has 1 aromatic rings. The van der Waals surface area contributed by atoms with E-state index in [1.165, 1.54) is 11.8 Å². The molecule has 2 rings (SSSR count). The van der Waals surface area contributed by atoms with Gasteiger partial charge in [0.1, 0.15) is 18.7 Å². The number of alkyl carbamates (subject to hydrolysis) is 1. The fraction of sp³-hybridized carbons (Fsp3) is 0.500. The molecule has 0 aromatic heterocycles. The second kappa shape index (κ2) is 10.2. The highest BCUT2D eigenvalue weighted by Gasteiger charge is 2.41. The molecule has 1 aliphatic heterocycles. The van der Waals surface area contributed by atoms with E-state index in [0.29, 0.717) is 12.2 Å². The molecule has 8 nitrogen and oxygen atoms in total. The highest BCUT2D eigenvalue weighted by molar-refractivity contribution is 7.98. The van der Waals surface area contributed by atoms with Crippen LogP contribution in [-0.4, -0.2) is 69.8 Å². The quantitative estimate of drug-likeness (QED) is 0.602. The summed E-state index contributed by atoms with van der Waals surface area (Å²) >= 11 is 1.51. The SMILES string of the molecule is CSCC[C@H](NC(=O)OCc1ccccc1)C(=O)N1C[C@@H](O)C[C@H]1C(=O)O. The van der Waals surface area contributed by atoms with Gasteiger partial charge in [0.25, 0.3) is 0 Å². The third kappa shape index (κ3) is 6.14. The summed E-state index contributed by atoms with van der Waals surface area (Å²) in [6.45, 7) is 0.00258. The maximum Gasteiger partial charge on any atom is 0.408 e. The molecule has 1 aliphatic rings. The number of hydrogen-bond donors (Lipinski definition) is 3. The Balaban J connectivity index is 1.99. The number of carboxylic acid groups (broad SMARTS) is 1. The molecule has 148 valence electrons. The third-order valence-electron chi connectivity index (χ3n) is 4.26. The van der Waals surface area contributed by atoms with E-state index >= 15 is 0 Å². The predicted molar refractivity (Wildman–Crippen MR) is 100 cm³/mol. The van der Waals surface area contributed by atoms with Gasteiger partial charge < -0.3 is 25.2 Å². The van der Waals surface area contributed by atoms with Crippen molar-refractivity contribution in [3.05, 3.63) is 35.9 Å². The van der Waals surface area contributed by atoms with Gasteiger partial charge in [-0.2, -0.15) is 11.8 Å². The normalized spacial score (nSPS) is 20.1. The van der Waals surface area contributed by atoms with Gasteiger partial charge in [-0.05, 0) is 24.0 Å². The lowest BCUT2D eigenvalue weighted by molar-refractivity contribution is -0.149. The number of nitrogens with one attached hydrogen (secondary N) is 1. The Kier molecular flexibility index (Phi) is 7.93. The number of likely N-dealkylation sites (tertiary alicyclic amines) is 1. The topological polar surface area (TPSA) is 116 Å². The summed E-state index contributed by atoms with van der Waals surface area (Å²) in [5, 5.41) is 21.6. The van der Waals surface area contributed by atoms with Crippen molar-refractivity contribution in [1.82, 2.24) is 10.2 Å². The van der Waals surface area contributed by atoms with Crippen LogP contribution in [0.5, 0.6) is 0 Å². The molecule has 0 bridgehead atoms. The van der Waals surface area contributed by atoms with Crippen molar-refractivity contribution in [2.75, 3.05) is 18.6 Å². The summed E-state index contributed by atoms with van der Waals surface area (Å²) in [5.41, 5.74) is 0.813. The molecule has 1 aromatic carbocycles. The zero-order valence-corrected chi connectivity index (χ0v) is 15.9. The van der Waals surface area contributed by atoms with Crippen LogP contribution in [0.25, 0.3) is 0 Å². The van der Waals surface area contributed by atoms with E-state index in [4.69, 9.17) is 4.74 Å². The summed E-state index contributed by atoms with van der Waals surface area (Å²) in [6, 6.07) is 7.13. The van der Waals surface area contributed by atoms with Crippen molar-refractivity contribution in [3.63, 3.8) is 0 Å². The Labute approximate surface area is 161 Å². The first-order valence-electron chi connectivity index (χ1n) is 8.60. The van der Waals surface area contributed by atoms with Crippen LogP contribution in [0.2, 0.25) is 0 Å². The van der Waals surface area contributed by atoms with Crippen molar-refractivity contribution < 1.29 is 29.3 Å². The molecular formula is C18H24N2O6S. The minimum absolute atomic E-state index is 0.0191. The van der Waals surface area contributed by atoms with Crippen molar-refractivity contribution in [1.29, 1.82) is 0 Å². The van der Waals surface area contributed by atoms with Crippen molar-refractivity contribution in [2.45, 2.75) is 37.6 Å². The van der Waals surface area contributed by atoms with E-state index in [-0.39, 0.29) is 19.6 Å². The Morgan fingerprint density at radius 1 is 1.33 bits per heavy atom. The van der Waals surface area contributed by atoms with Gasteiger partial charge in [-0.15, -0.1) is 0 Å². The number of nitrogens with zero attached hydrogens (tertiary/aromatic N) is 1. The number of ether oxygens (including phenoxy) is 1. The highest BCUT2D eigenvalue weighted by Crippen LogP contribution is 2.20. The van der Waals surface area contributed by atoms with Crippen molar-refractivity contribution >= 4 is 29.7 Å². The predicted octanol–water partition coefficient (Wildman–Crippen LogP) is 1.08. The van der Waals surface area contributed by atoms with Crippen molar-refractivity contribution in [2.24, 2.45) is 0 Å². The van der Waals surface area contributed by atoms with Crippen LogP contribution in [0.1, 0.15) is 18.4 Å². The summed E-state index contributed by atoms with van der Waals surface area (Å²) in [6.07, 6.45) is 0.550. The number of carboxylic acids is 1. The van der Waals surface area contributed by atoms with E-state index in [1.54, 1.807) is 0 Å². The van der Waals surface area contributed by atoms with Crippen LogP contribution < -0.4 is 5.32 Å². The average molecular weight is 396 g/mol. The second-order valence-corrected chi connectivity index (χ2v) is 7.26. The second-order valence-electron chi connectivity index (χ2n) is 6.27. The van der Waals surface area contributed by atoms with Gasteiger partial charge in [0, 0.05) is 13.0 Å². The molecular weight excluding hydrogens is 372 g/mol. The minimum Gasteiger partial charge on any atom is -0.480 e. The Hall–Kier alpha value is -2.26. The summed E-state index contributed by atoms with van der Waals surface area (Å²) in [5.74, 6) is -1.09. The van der Waals surface area contributed by atoms with Gasteiger partial charge in [-0.3, -0.25) is 4.79 Å². The number of aliphatic hydroxyl groups excluding tert-OH is 1. The number of carbonyl (C=O) groups is 3. The first-order chi connectivity index (χ1) is 12.9. The minimum atomic E-state index is -1.17. The molecule has 3 atom stereocenters. The number of β-amino-alcohol motifs (C(OH)–C–C–N with tert-alkyl or cyclic N) is 1. The van der Waals surface area contributed by atoms with Gasteiger partial charge in [0.2, 0.25) is 5.91 Å². The van der Waals surface area contributed by atoms with E-state index in [1.807, 2.05) is 36.6 Å². The zero-order valence-electron chi connectivity index (χ0n) is 15.0. The molecule has 0 radical (unpaired) electrons. The molecule has 27 heavy (non-hydrogen) atoms. The van der Waals surface area contributed by atoms with E-state index in [9.17, 15) is 24.6 Å². The van der Waals surface area contributed by atoms with E-state index in [0.717, 1.165) is 10.5 Å². The van der Waals surface area contributed by atoms with Crippen LogP contribution in [0.15, 0.2) is 30.3 Å². The number of aliphatic carboxylic acids is 1. The Morgan fingerprint density at radius 2 is 2.04 bits per heavy atom. The molecule has 1 heterocycles. The number of carbonyl (C=O) groups excluding carboxylic acids is 2. The van der Waals surface area contributed by atoms with Crippen LogP contribution in [0, 0.1) is 0 Å². The molecule has 0 saturated carbocycles. The maximum atomic E-state index is 12.8. The largest absolute Gasteiger partial charge is 0.480 e. The van der Waals surface area contributed by atoms with Gasteiger partial charge >= 0.3 is 12.1 Å². The van der Waals surface area contributed by atoms with Crippen molar-refractivity contribution in [3.8, 4) is 0 Å². The first kappa shape index (κ1) is 21.0. The summed E-state index contributed by atoms with van der Waals surface area (Å²) < 4.78 is 5.15. The standard InChI is InChI=1S/C18H24N2O6S/c1-27-8-7-14(16(22)20-10-13(21)9-15(20)17(23)24)19-18(25)26-11-12-5-3-2-4-6-12/h2-6,13-15,21H,7-11H2,1H3,(H,19,25)(H,23,24)/t13-,14-,15-/m0/s1. The van der Waals surface area contributed by atoms with Crippen LogP contribution in [0.4, 0.5) is 4.79 Å². The molecule has 2 amide bonds. The number of rotatable bonds is 8. The van der Waals surface area contributed by atoms with Crippen LogP contribution in [-0.2, 0) is 20.9 Å². The van der Waals surface area contributed by atoms with E-state index < -0.39 is 36.2 Å². The fourth-order valence-corrected chi connectivity index (χ4v) is 3.36. The lowest BCUT2D eigenvalue weighted by atomic mass is 10.1. The maximum absolute atomic E-state index is 12.8. The molecule has 1 fully saturated rings. The zero-order chi connectivity index (χ0) is 19.8. The lowest BCUT2D eigenvalue weighted by Crippen LogP contribution is -2.52. The third-order valence-corrected chi connectivity index (χ3v) is 4.90. The number of thioether (sulfide) groups is 1.